The van der Waals surface area contributed by atoms with Crippen molar-refractivity contribution in [2.24, 2.45) is 5.92 Å². The van der Waals surface area contributed by atoms with Crippen LogP contribution in [0.2, 0.25) is 0 Å². The Morgan fingerprint density at radius 2 is 1.93 bits per heavy atom. The number of carbonyl (C=O) groups is 1. The number of amides is 1. The van der Waals surface area contributed by atoms with Crippen LogP contribution >= 0.6 is 0 Å². The lowest BCUT2D eigenvalue weighted by molar-refractivity contribution is -0.121. The number of rotatable bonds is 7. The minimum Gasteiger partial charge on any atom is -0.351 e. The van der Waals surface area contributed by atoms with Crippen molar-refractivity contribution >= 4 is 5.91 Å². The van der Waals surface area contributed by atoms with Crippen LogP contribution in [0, 0.1) is 5.92 Å². The maximum Gasteiger partial charge on any atom is 0.234 e. The average Bonchev–Trinajstić information content (AvgIpc) is 2.12. The molecule has 4 heteroatoms. The Morgan fingerprint density at radius 1 is 1.33 bits per heavy atom. The third kappa shape index (κ3) is 7.33. The van der Waals surface area contributed by atoms with Crippen molar-refractivity contribution in [1.82, 2.24) is 15.5 Å². The van der Waals surface area contributed by atoms with Gasteiger partial charge < -0.3 is 15.5 Å². The molecule has 1 amide bonds. The molecule has 0 spiro atoms. The second kappa shape index (κ2) is 7.65. The topological polar surface area (TPSA) is 44.4 Å². The third-order valence-electron chi connectivity index (χ3n) is 2.25. The minimum absolute atomic E-state index is 0.0809. The van der Waals surface area contributed by atoms with Gasteiger partial charge in [0.2, 0.25) is 5.91 Å². The van der Waals surface area contributed by atoms with Crippen molar-refractivity contribution in [3.05, 3.63) is 0 Å². The molecule has 0 heterocycles. The van der Waals surface area contributed by atoms with E-state index in [0.29, 0.717) is 12.5 Å². The van der Waals surface area contributed by atoms with E-state index in [1.807, 2.05) is 21.0 Å². The molecule has 0 radical (unpaired) electrons. The van der Waals surface area contributed by atoms with Gasteiger partial charge in [-0.15, -0.1) is 0 Å². The molecule has 90 valence electrons. The van der Waals surface area contributed by atoms with E-state index in [-0.39, 0.29) is 11.9 Å². The van der Waals surface area contributed by atoms with Crippen molar-refractivity contribution in [3.8, 4) is 0 Å². The summed E-state index contributed by atoms with van der Waals surface area (Å²) in [6, 6.07) is 0.228. The first-order chi connectivity index (χ1) is 6.97. The quantitative estimate of drug-likeness (QED) is 0.642. The fraction of sp³-hybridized carbons (Fsp3) is 0.909. The molecule has 2 N–H and O–H groups in total. The van der Waals surface area contributed by atoms with Crippen LogP contribution in [0.25, 0.3) is 0 Å². The molecule has 0 aliphatic rings. The molecule has 0 fully saturated rings. The van der Waals surface area contributed by atoms with E-state index < -0.39 is 0 Å². The average molecular weight is 215 g/mol. The summed E-state index contributed by atoms with van der Waals surface area (Å²) in [4.78, 5) is 13.6. The van der Waals surface area contributed by atoms with Crippen molar-refractivity contribution in [2.75, 3.05) is 33.7 Å². The zero-order valence-electron chi connectivity index (χ0n) is 10.6. The molecular formula is C11H25N3O. The van der Waals surface area contributed by atoms with Crippen LogP contribution in [0.5, 0.6) is 0 Å². The smallest absolute Gasteiger partial charge is 0.234 e. The third-order valence-corrected chi connectivity index (χ3v) is 2.25. The van der Waals surface area contributed by atoms with Crippen molar-refractivity contribution in [2.45, 2.75) is 26.8 Å². The van der Waals surface area contributed by atoms with Gasteiger partial charge in [-0.2, -0.15) is 0 Å². The molecule has 0 aromatic rings. The molecule has 4 nitrogen and oxygen atoms in total. The Labute approximate surface area is 93.4 Å². The second-order valence-electron chi connectivity index (χ2n) is 4.46. The van der Waals surface area contributed by atoms with E-state index in [1.54, 1.807) is 0 Å². The van der Waals surface area contributed by atoms with Crippen LogP contribution in [0.15, 0.2) is 0 Å². The lowest BCUT2D eigenvalue weighted by atomic mass is 10.0. The van der Waals surface area contributed by atoms with Crippen molar-refractivity contribution in [1.29, 1.82) is 0 Å². The molecule has 0 aromatic heterocycles. The zero-order valence-corrected chi connectivity index (χ0v) is 10.6. The van der Waals surface area contributed by atoms with Crippen molar-refractivity contribution < 1.29 is 4.79 Å². The lowest BCUT2D eigenvalue weighted by Crippen LogP contribution is -2.47. The van der Waals surface area contributed by atoms with Gasteiger partial charge in [0.1, 0.15) is 0 Å². The molecule has 0 rings (SSSR count). The summed E-state index contributed by atoms with van der Waals surface area (Å²) in [6.07, 6.45) is 0. The van der Waals surface area contributed by atoms with Crippen LogP contribution in [-0.2, 0) is 4.79 Å². The largest absolute Gasteiger partial charge is 0.351 e. The number of hydrogen-bond acceptors (Lipinski definition) is 3. The molecular weight excluding hydrogens is 190 g/mol. The van der Waals surface area contributed by atoms with Crippen LogP contribution in [0.3, 0.4) is 0 Å². The number of hydrogen-bond donors (Lipinski definition) is 2. The van der Waals surface area contributed by atoms with Crippen molar-refractivity contribution in [3.63, 3.8) is 0 Å². The van der Waals surface area contributed by atoms with Crippen LogP contribution in [-0.4, -0.2) is 50.6 Å². The highest BCUT2D eigenvalue weighted by Crippen LogP contribution is 2.02. The van der Waals surface area contributed by atoms with Gasteiger partial charge in [0, 0.05) is 12.6 Å². The minimum atomic E-state index is 0.0809. The predicted molar refractivity (Wildman–Crippen MR) is 63.9 cm³/mol. The molecule has 1 unspecified atom stereocenters. The standard InChI is InChI=1S/C11H25N3O/c1-6-12-7-11(15)13-10(9(2)3)8-14(4)5/h9-10,12H,6-8H2,1-5H3,(H,13,15). The first kappa shape index (κ1) is 14.4. The first-order valence-electron chi connectivity index (χ1n) is 5.62. The number of nitrogens with zero attached hydrogens (tertiary/aromatic N) is 1. The molecule has 0 aromatic carbocycles. The van der Waals surface area contributed by atoms with Gasteiger partial charge in [-0.05, 0) is 26.6 Å². The van der Waals surface area contributed by atoms with Gasteiger partial charge in [0.25, 0.3) is 0 Å². The summed E-state index contributed by atoms with van der Waals surface area (Å²) >= 11 is 0. The van der Waals surface area contributed by atoms with E-state index in [2.05, 4.69) is 29.4 Å². The van der Waals surface area contributed by atoms with Gasteiger partial charge in [-0.3, -0.25) is 4.79 Å². The molecule has 0 aliphatic carbocycles. The maximum atomic E-state index is 11.5. The highest BCUT2D eigenvalue weighted by Gasteiger charge is 2.16. The van der Waals surface area contributed by atoms with E-state index >= 15 is 0 Å². The number of carbonyl (C=O) groups excluding carboxylic acids is 1. The fourth-order valence-corrected chi connectivity index (χ4v) is 1.31. The second-order valence-corrected chi connectivity index (χ2v) is 4.46. The molecule has 1 atom stereocenters. The highest BCUT2D eigenvalue weighted by molar-refractivity contribution is 5.78. The predicted octanol–water partition coefficient (Wildman–Crippen LogP) is 0.298. The molecule has 15 heavy (non-hydrogen) atoms. The molecule has 0 aliphatic heterocycles. The summed E-state index contributed by atoms with van der Waals surface area (Å²) < 4.78 is 0. The Kier molecular flexibility index (Phi) is 7.34. The van der Waals surface area contributed by atoms with E-state index in [9.17, 15) is 4.79 Å². The normalized spacial score (nSPS) is 13.3. The number of nitrogens with one attached hydrogen (secondary N) is 2. The maximum absolute atomic E-state index is 11.5. The van der Waals surface area contributed by atoms with Crippen LogP contribution in [0.1, 0.15) is 20.8 Å². The van der Waals surface area contributed by atoms with Crippen LogP contribution in [0.4, 0.5) is 0 Å². The SMILES string of the molecule is CCNCC(=O)NC(CN(C)C)C(C)C. The summed E-state index contributed by atoms with van der Waals surface area (Å²) in [7, 11) is 4.04. The lowest BCUT2D eigenvalue weighted by Gasteiger charge is -2.25. The summed E-state index contributed by atoms with van der Waals surface area (Å²) in [5.74, 6) is 0.537. The Bertz CT molecular complexity index is 181. The van der Waals surface area contributed by atoms with E-state index in [0.717, 1.165) is 13.1 Å². The van der Waals surface area contributed by atoms with E-state index in [4.69, 9.17) is 0 Å². The fourth-order valence-electron chi connectivity index (χ4n) is 1.31. The Hall–Kier alpha value is -0.610. The molecule has 0 saturated carbocycles. The summed E-state index contributed by atoms with van der Waals surface area (Å²) in [6.45, 7) is 8.37. The Morgan fingerprint density at radius 3 is 2.33 bits per heavy atom. The summed E-state index contributed by atoms with van der Waals surface area (Å²) in [5.41, 5.74) is 0. The van der Waals surface area contributed by atoms with Gasteiger partial charge in [-0.25, -0.2) is 0 Å². The zero-order chi connectivity index (χ0) is 11.8. The monoisotopic (exact) mass is 215 g/mol. The van der Waals surface area contributed by atoms with Crippen LogP contribution < -0.4 is 10.6 Å². The Balaban J connectivity index is 3.99. The highest BCUT2D eigenvalue weighted by atomic mass is 16.2. The molecule has 0 saturated heterocycles. The van der Waals surface area contributed by atoms with Gasteiger partial charge >= 0.3 is 0 Å². The number of likely N-dealkylation sites (N-methyl/N-ethyl adjacent to an activating group) is 2. The summed E-state index contributed by atoms with van der Waals surface area (Å²) in [5, 5.41) is 6.06. The van der Waals surface area contributed by atoms with Gasteiger partial charge in [-0.1, -0.05) is 20.8 Å². The van der Waals surface area contributed by atoms with E-state index in [1.165, 1.54) is 0 Å². The first-order valence-corrected chi connectivity index (χ1v) is 5.62. The van der Waals surface area contributed by atoms with Gasteiger partial charge in [0.05, 0.1) is 6.54 Å². The van der Waals surface area contributed by atoms with Gasteiger partial charge in [0.15, 0.2) is 0 Å². The molecule has 0 bridgehead atoms.